The third-order valence-electron chi connectivity index (χ3n) is 2.36. The van der Waals surface area contributed by atoms with Gasteiger partial charge in [-0.25, -0.2) is 4.98 Å². The summed E-state index contributed by atoms with van der Waals surface area (Å²) in [6.07, 6.45) is 0. The molecular weight excluding hydrogens is 314 g/mol. The molecule has 1 aromatic carbocycles. The Hall–Kier alpha value is -1.14. The molecule has 0 unspecified atom stereocenters. The van der Waals surface area contributed by atoms with E-state index in [0.717, 1.165) is 26.9 Å². The second kappa shape index (κ2) is 5.67. The van der Waals surface area contributed by atoms with Gasteiger partial charge in [-0.05, 0) is 28.1 Å². The number of nitrogens with zero attached hydrogens (tertiary/aromatic N) is 2. The lowest BCUT2D eigenvalue weighted by atomic mass is 10.2. The predicted octanol–water partition coefficient (Wildman–Crippen LogP) is 4.18. The molecule has 0 spiro atoms. The maximum absolute atomic E-state index is 5.25. The van der Waals surface area contributed by atoms with E-state index >= 15 is 0 Å². The van der Waals surface area contributed by atoms with Crippen LogP contribution in [0.4, 0.5) is 10.8 Å². The lowest BCUT2D eigenvalue weighted by Gasteiger charge is -2.06. The van der Waals surface area contributed by atoms with Gasteiger partial charge in [0, 0.05) is 29.2 Å². The summed E-state index contributed by atoms with van der Waals surface area (Å²) < 4.78 is 10.5. The Labute approximate surface area is 119 Å². The number of benzene rings is 1. The number of ether oxygens (including phenoxy) is 1. The van der Waals surface area contributed by atoms with Crippen molar-refractivity contribution in [3.8, 4) is 5.75 Å². The summed E-state index contributed by atoms with van der Waals surface area (Å²) in [6.45, 7) is 4.16. The van der Waals surface area contributed by atoms with Gasteiger partial charge in [0.05, 0.1) is 11.6 Å². The summed E-state index contributed by atoms with van der Waals surface area (Å²) in [6, 6.07) is 5.81. The van der Waals surface area contributed by atoms with E-state index in [1.807, 2.05) is 18.2 Å². The maximum Gasteiger partial charge on any atom is 0.207 e. The Balaban J connectivity index is 2.17. The van der Waals surface area contributed by atoms with Crippen molar-refractivity contribution in [3.63, 3.8) is 0 Å². The van der Waals surface area contributed by atoms with Crippen molar-refractivity contribution in [1.82, 2.24) is 9.36 Å². The zero-order valence-electron chi connectivity index (χ0n) is 10.4. The van der Waals surface area contributed by atoms with E-state index < -0.39 is 0 Å². The molecule has 2 aromatic rings. The molecule has 0 saturated carbocycles. The molecule has 1 aromatic heterocycles. The van der Waals surface area contributed by atoms with Gasteiger partial charge in [-0.3, -0.25) is 0 Å². The summed E-state index contributed by atoms with van der Waals surface area (Å²) in [7, 11) is 1.64. The average Bonchev–Trinajstić information content (AvgIpc) is 2.80. The Morgan fingerprint density at radius 2 is 2.17 bits per heavy atom. The first-order chi connectivity index (χ1) is 8.60. The molecule has 1 N–H and O–H groups in total. The first kappa shape index (κ1) is 13.3. The minimum atomic E-state index is 0.344. The van der Waals surface area contributed by atoms with E-state index in [9.17, 15) is 0 Å². The molecule has 0 aliphatic heterocycles. The molecule has 0 atom stereocenters. The van der Waals surface area contributed by atoms with Crippen LogP contribution in [0, 0.1) is 0 Å². The summed E-state index contributed by atoms with van der Waals surface area (Å²) >= 11 is 4.79. The second-order valence-corrected chi connectivity index (χ2v) is 5.69. The van der Waals surface area contributed by atoms with Crippen molar-refractivity contribution in [1.29, 1.82) is 0 Å². The lowest BCUT2D eigenvalue weighted by molar-refractivity contribution is 0.412. The Kier molecular flexibility index (Phi) is 4.19. The molecule has 2 rings (SSSR count). The summed E-state index contributed by atoms with van der Waals surface area (Å²) in [5.74, 6) is 2.00. The van der Waals surface area contributed by atoms with Crippen LogP contribution < -0.4 is 10.1 Å². The molecule has 0 radical (unpaired) electrons. The lowest BCUT2D eigenvalue weighted by Crippen LogP contribution is -1.93. The van der Waals surface area contributed by atoms with Crippen LogP contribution in [0.1, 0.15) is 25.6 Å². The number of methoxy groups -OCH3 is 1. The number of nitrogens with one attached hydrogen (secondary N) is 1. The first-order valence-corrected chi connectivity index (χ1v) is 7.11. The largest absolute Gasteiger partial charge is 0.495 e. The molecule has 0 bridgehead atoms. The summed E-state index contributed by atoms with van der Waals surface area (Å²) in [4.78, 5) is 4.43. The number of rotatable bonds is 4. The molecule has 0 amide bonds. The zero-order valence-corrected chi connectivity index (χ0v) is 12.8. The van der Waals surface area contributed by atoms with Crippen LogP contribution in [-0.4, -0.2) is 16.5 Å². The van der Waals surface area contributed by atoms with E-state index in [4.69, 9.17) is 4.74 Å². The molecule has 0 aliphatic rings. The van der Waals surface area contributed by atoms with Gasteiger partial charge in [-0.15, -0.1) is 0 Å². The molecule has 18 heavy (non-hydrogen) atoms. The fourth-order valence-corrected chi connectivity index (χ4v) is 2.52. The molecular formula is C12H14BrN3OS. The van der Waals surface area contributed by atoms with Crippen LogP contribution in [0.2, 0.25) is 0 Å². The monoisotopic (exact) mass is 327 g/mol. The third-order valence-corrected chi connectivity index (χ3v) is 3.66. The Morgan fingerprint density at radius 1 is 1.39 bits per heavy atom. The van der Waals surface area contributed by atoms with Gasteiger partial charge < -0.3 is 10.1 Å². The number of hydrogen-bond acceptors (Lipinski definition) is 5. The van der Waals surface area contributed by atoms with Gasteiger partial charge >= 0.3 is 0 Å². The van der Waals surface area contributed by atoms with Crippen molar-refractivity contribution in [2.75, 3.05) is 12.4 Å². The molecule has 0 saturated heterocycles. The van der Waals surface area contributed by atoms with Gasteiger partial charge in [0.15, 0.2) is 0 Å². The van der Waals surface area contributed by atoms with Crippen LogP contribution in [0.15, 0.2) is 22.7 Å². The topological polar surface area (TPSA) is 47.0 Å². The van der Waals surface area contributed by atoms with Gasteiger partial charge in [-0.2, -0.15) is 4.37 Å². The van der Waals surface area contributed by atoms with Gasteiger partial charge in [0.2, 0.25) is 5.13 Å². The van der Waals surface area contributed by atoms with Crippen LogP contribution in [-0.2, 0) is 0 Å². The van der Waals surface area contributed by atoms with Gasteiger partial charge in [0.25, 0.3) is 0 Å². The smallest absolute Gasteiger partial charge is 0.207 e. The van der Waals surface area contributed by atoms with E-state index in [1.165, 1.54) is 11.5 Å². The molecule has 4 nitrogen and oxygen atoms in total. The maximum atomic E-state index is 5.25. The van der Waals surface area contributed by atoms with Crippen molar-refractivity contribution in [2.24, 2.45) is 0 Å². The highest BCUT2D eigenvalue weighted by molar-refractivity contribution is 9.10. The normalized spacial score (nSPS) is 10.7. The van der Waals surface area contributed by atoms with Crippen molar-refractivity contribution >= 4 is 38.3 Å². The van der Waals surface area contributed by atoms with Crippen molar-refractivity contribution < 1.29 is 4.74 Å². The quantitative estimate of drug-likeness (QED) is 0.915. The highest BCUT2D eigenvalue weighted by Crippen LogP contribution is 2.30. The van der Waals surface area contributed by atoms with Crippen molar-refractivity contribution in [3.05, 3.63) is 28.5 Å². The molecule has 1 heterocycles. The zero-order chi connectivity index (χ0) is 13.1. The second-order valence-electron chi connectivity index (χ2n) is 4.09. The minimum absolute atomic E-state index is 0.344. The summed E-state index contributed by atoms with van der Waals surface area (Å²) in [5.41, 5.74) is 0.932. The average molecular weight is 328 g/mol. The number of aromatic nitrogens is 2. The predicted molar refractivity (Wildman–Crippen MR) is 78.0 cm³/mol. The first-order valence-electron chi connectivity index (χ1n) is 5.54. The van der Waals surface area contributed by atoms with Gasteiger partial charge in [-0.1, -0.05) is 13.8 Å². The standard InChI is InChI=1S/C12H14BrN3OS/c1-7(2)11-15-12(18-16-11)14-8-4-5-9(13)10(6-8)17-3/h4-7H,1-3H3,(H,14,15,16). The molecule has 0 fully saturated rings. The highest BCUT2D eigenvalue weighted by atomic mass is 79.9. The number of hydrogen-bond donors (Lipinski definition) is 1. The van der Waals surface area contributed by atoms with E-state index in [0.29, 0.717) is 5.92 Å². The molecule has 96 valence electrons. The Bertz CT molecular complexity index is 542. The SMILES string of the molecule is COc1cc(Nc2nc(C(C)C)ns2)ccc1Br. The number of halogens is 1. The van der Waals surface area contributed by atoms with Crippen LogP contribution in [0.3, 0.4) is 0 Å². The van der Waals surface area contributed by atoms with E-state index in [2.05, 4.69) is 44.5 Å². The summed E-state index contributed by atoms with van der Waals surface area (Å²) in [5, 5.41) is 4.02. The minimum Gasteiger partial charge on any atom is -0.495 e. The molecule has 6 heteroatoms. The van der Waals surface area contributed by atoms with E-state index in [-0.39, 0.29) is 0 Å². The van der Waals surface area contributed by atoms with Crippen LogP contribution >= 0.6 is 27.5 Å². The highest BCUT2D eigenvalue weighted by Gasteiger charge is 2.08. The van der Waals surface area contributed by atoms with Crippen LogP contribution in [0.5, 0.6) is 5.75 Å². The van der Waals surface area contributed by atoms with Crippen molar-refractivity contribution in [2.45, 2.75) is 19.8 Å². The molecule has 0 aliphatic carbocycles. The fraction of sp³-hybridized carbons (Fsp3) is 0.333. The fourth-order valence-electron chi connectivity index (χ4n) is 1.38. The Morgan fingerprint density at radius 3 is 2.78 bits per heavy atom. The third kappa shape index (κ3) is 3.00. The number of anilines is 2. The van der Waals surface area contributed by atoms with Crippen LogP contribution in [0.25, 0.3) is 0 Å². The van der Waals surface area contributed by atoms with E-state index in [1.54, 1.807) is 7.11 Å². The van der Waals surface area contributed by atoms with Gasteiger partial charge in [0.1, 0.15) is 11.6 Å².